The van der Waals surface area contributed by atoms with Crippen molar-refractivity contribution < 1.29 is 23.1 Å². The Labute approximate surface area is 312 Å². The molecule has 2 amide bonds. The molecule has 3 saturated heterocycles. The van der Waals surface area contributed by atoms with Crippen molar-refractivity contribution in [2.45, 2.75) is 69.6 Å². The summed E-state index contributed by atoms with van der Waals surface area (Å²) in [4.78, 5) is 44.6. The van der Waals surface area contributed by atoms with Crippen LogP contribution < -0.4 is 25.8 Å². The van der Waals surface area contributed by atoms with Crippen LogP contribution in [-0.2, 0) is 23.2 Å². The van der Waals surface area contributed by atoms with E-state index in [-0.39, 0.29) is 23.7 Å². The van der Waals surface area contributed by atoms with E-state index in [0.717, 1.165) is 41.3 Å². The average molecular weight is 747 g/mol. The third-order valence-corrected chi connectivity index (χ3v) is 11.6. The van der Waals surface area contributed by atoms with Gasteiger partial charge in [-0.3, -0.25) is 29.6 Å². The van der Waals surface area contributed by atoms with Gasteiger partial charge in [0.05, 0.1) is 18.2 Å². The number of aryl methyl sites for hydroxylation is 1. The van der Waals surface area contributed by atoms with Crippen LogP contribution in [0.2, 0.25) is 5.02 Å². The number of hydrogen-bond acceptors (Lipinski definition) is 8. The molecule has 10 nitrogen and oxygen atoms in total. The third kappa shape index (κ3) is 8.03. The van der Waals surface area contributed by atoms with E-state index in [1.54, 1.807) is 49.4 Å². The normalized spacial score (nSPS) is 19.7. The van der Waals surface area contributed by atoms with Crippen LogP contribution in [-0.4, -0.2) is 71.3 Å². The molecule has 0 radical (unpaired) electrons. The summed E-state index contributed by atoms with van der Waals surface area (Å²) in [5.41, 5.74) is 2.22. The number of imide groups is 1. The maximum Gasteiger partial charge on any atom is 0.259 e. The summed E-state index contributed by atoms with van der Waals surface area (Å²) in [6.07, 6.45) is 9.64. The van der Waals surface area contributed by atoms with E-state index in [9.17, 15) is 14.4 Å². The third-order valence-electron chi connectivity index (χ3n) is 11.3. The van der Waals surface area contributed by atoms with Crippen LogP contribution in [0, 0.1) is 11.7 Å². The van der Waals surface area contributed by atoms with Gasteiger partial charge in [-0.15, -0.1) is 0 Å². The van der Waals surface area contributed by atoms with Gasteiger partial charge in [0, 0.05) is 86.6 Å². The Bertz CT molecular complexity index is 2080. The van der Waals surface area contributed by atoms with Crippen LogP contribution in [0.25, 0.3) is 21.9 Å². The average Bonchev–Trinajstić information content (AvgIpc) is 3.15. The monoisotopic (exact) mass is 746 g/mol. The van der Waals surface area contributed by atoms with Crippen LogP contribution in [0.5, 0.6) is 5.75 Å². The maximum absolute atomic E-state index is 16.1. The molecule has 4 aromatic rings. The molecular formula is C40H45ClF2N6O4. The molecule has 3 aliphatic rings. The highest BCUT2D eigenvalue weighted by Gasteiger charge is 2.36. The molecule has 0 spiro atoms. The van der Waals surface area contributed by atoms with E-state index >= 15 is 8.78 Å². The van der Waals surface area contributed by atoms with E-state index in [4.69, 9.17) is 16.3 Å². The first kappa shape index (κ1) is 36.8. The lowest BCUT2D eigenvalue weighted by molar-refractivity contribution is -0.133. The van der Waals surface area contributed by atoms with Crippen molar-refractivity contribution in [3.8, 4) is 16.9 Å². The Balaban J connectivity index is 0.903. The van der Waals surface area contributed by atoms with Crippen LogP contribution in [0.3, 0.4) is 0 Å². The van der Waals surface area contributed by atoms with E-state index in [1.807, 2.05) is 23.1 Å². The number of carbonyl (C=O) groups is 2. The molecule has 1 atom stereocenters. The number of carbonyl (C=O) groups excluding carboxylic acids is 2. The molecule has 13 heteroatoms. The first-order valence-electron chi connectivity index (χ1n) is 18.4. The van der Waals surface area contributed by atoms with Crippen molar-refractivity contribution in [2.75, 3.05) is 43.5 Å². The summed E-state index contributed by atoms with van der Waals surface area (Å²) in [5.74, 6) is -0.0169. The first-order chi connectivity index (χ1) is 25.5. The van der Waals surface area contributed by atoms with Crippen LogP contribution in [0.15, 0.2) is 59.8 Å². The number of amides is 2. The molecule has 3 fully saturated rings. The number of piperidine rings is 3. The summed E-state index contributed by atoms with van der Waals surface area (Å²) < 4.78 is 38.6. The number of alkyl halides is 1. The second-order valence-electron chi connectivity index (χ2n) is 14.7. The highest BCUT2D eigenvalue weighted by atomic mass is 35.5. The van der Waals surface area contributed by atoms with Crippen LogP contribution >= 0.6 is 11.6 Å². The number of likely N-dealkylation sites (tertiary alicyclic amines) is 1. The summed E-state index contributed by atoms with van der Waals surface area (Å²) in [5, 5.41) is 7.21. The standard InChI is InChI=1S/C40H45ClF2N6O4/c1-47-23-30(28-8-14-44-22-29(28)39(47)52)26-19-32(41)31(36(20-26)53-2)24-48-17-12-40(43,13-18-48)11-7-25-9-15-49(16-10-25)35-5-3-27(21-33(35)42)45-34-4-6-37(50)46-38(34)51/h3,5,8,14,19-23,25,34,45H,4,6-7,9-13,15-18,24H2,1-2H3,(H,46,50,51). The largest absolute Gasteiger partial charge is 0.496 e. The predicted molar refractivity (Wildman–Crippen MR) is 203 cm³/mol. The molecule has 53 heavy (non-hydrogen) atoms. The Morgan fingerprint density at radius 2 is 1.81 bits per heavy atom. The van der Waals surface area contributed by atoms with Gasteiger partial charge in [-0.1, -0.05) is 11.6 Å². The summed E-state index contributed by atoms with van der Waals surface area (Å²) in [6, 6.07) is 10.0. The molecule has 7 rings (SSSR count). The van der Waals surface area contributed by atoms with E-state index in [1.165, 1.54) is 6.07 Å². The van der Waals surface area contributed by atoms with Crippen molar-refractivity contribution in [1.29, 1.82) is 0 Å². The number of pyridine rings is 2. The lowest BCUT2D eigenvalue weighted by Crippen LogP contribution is -2.47. The van der Waals surface area contributed by atoms with E-state index in [0.29, 0.717) is 91.9 Å². The number of benzene rings is 2. The number of rotatable bonds is 10. The first-order valence-corrected chi connectivity index (χ1v) is 18.7. The molecule has 3 aliphatic heterocycles. The lowest BCUT2D eigenvalue weighted by atomic mass is 9.83. The molecule has 0 bridgehead atoms. The Kier molecular flexibility index (Phi) is 10.7. The van der Waals surface area contributed by atoms with Crippen molar-refractivity contribution in [1.82, 2.24) is 19.8 Å². The minimum atomic E-state index is -1.22. The number of hydrogen-bond donors (Lipinski definition) is 2. The number of nitrogens with zero attached hydrogens (tertiary/aromatic N) is 4. The van der Waals surface area contributed by atoms with Gasteiger partial charge in [0.1, 0.15) is 23.3 Å². The molecule has 2 aromatic carbocycles. The van der Waals surface area contributed by atoms with Crippen LogP contribution in [0.4, 0.5) is 20.2 Å². The number of methoxy groups -OCH3 is 1. The number of nitrogens with one attached hydrogen (secondary N) is 2. The number of fused-ring (bicyclic) bond motifs is 1. The molecule has 5 heterocycles. The number of aromatic nitrogens is 2. The molecule has 0 saturated carbocycles. The number of ether oxygens (including phenoxy) is 1. The van der Waals surface area contributed by atoms with E-state index < -0.39 is 17.6 Å². The number of halogens is 3. The van der Waals surface area contributed by atoms with Crippen molar-refractivity contribution in [3.63, 3.8) is 0 Å². The molecular weight excluding hydrogens is 702 g/mol. The SMILES string of the molecule is COc1cc(-c2cn(C)c(=O)c3cnccc23)cc(Cl)c1CN1CCC(F)(CCC2CCN(c3ccc(NC4CCC(=O)NC4=O)cc3F)CC2)CC1. The predicted octanol–water partition coefficient (Wildman–Crippen LogP) is 6.62. The van der Waals surface area contributed by atoms with Gasteiger partial charge in [-0.25, -0.2) is 8.78 Å². The topological polar surface area (TPSA) is 109 Å². The lowest BCUT2D eigenvalue weighted by Gasteiger charge is -2.39. The quantitative estimate of drug-likeness (QED) is 0.175. The fourth-order valence-electron chi connectivity index (χ4n) is 8.04. The summed E-state index contributed by atoms with van der Waals surface area (Å²) >= 11 is 6.89. The Morgan fingerprint density at radius 1 is 1.04 bits per heavy atom. The van der Waals surface area contributed by atoms with Gasteiger partial charge >= 0.3 is 0 Å². The highest BCUT2D eigenvalue weighted by Crippen LogP contribution is 2.39. The molecule has 0 aliphatic carbocycles. The Hall–Kier alpha value is -4.55. The minimum Gasteiger partial charge on any atom is -0.496 e. The molecule has 2 aromatic heterocycles. The van der Waals surface area contributed by atoms with Gasteiger partial charge in [-0.05, 0) is 98.2 Å². The molecule has 1 unspecified atom stereocenters. The fourth-order valence-corrected chi connectivity index (χ4v) is 8.31. The van der Waals surface area contributed by atoms with Gasteiger partial charge in [0.15, 0.2) is 0 Å². The van der Waals surface area contributed by atoms with Crippen molar-refractivity contribution in [3.05, 3.63) is 81.7 Å². The van der Waals surface area contributed by atoms with E-state index in [2.05, 4.69) is 20.5 Å². The molecule has 280 valence electrons. The highest BCUT2D eigenvalue weighted by molar-refractivity contribution is 6.32. The Morgan fingerprint density at radius 3 is 2.53 bits per heavy atom. The molecule has 2 N–H and O–H groups in total. The summed E-state index contributed by atoms with van der Waals surface area (Å²) in [7, 11) is 3.33. The van der Waals surface area contributed by atoms with Gasteiger partial charge in [0.2, 0.25) is 11.8 Å². The maximum atomic E-state index is 16.1. The second-order valence-corrected chi connectivity index (χ2v) is 15.1. The zero-order chi connectivity index (χ0) is 37.3. The minimum absolute atomic E-state index is 0.120. The second kappa shape index (κ2) is 15.4. The smallest absolute Gasteiger partial charge is 0.259 e. The van der Waals surface area contributed by atoms with Crippen molar-refractivity contribution in [2.24, 2.45) is 13.0 Å². The van der Waals surface area contributed by atoms with Gasteiger partial charge in [0.25, 0.3) is 5.56 Å². The fraction of sp³-hybridized carbons (Fsp3) is 0.450. The zero-order valence-corrected chi connectivity index (χ0v) is 30.9. The zero-order valence-electron chi connectivity index (χ0n) is 30.1. The van der Waals surface area contributed by atoms with Gasteiger partial charge in [-0.2, -0.15) is 0 Å². The number of anilines is 2. The van der Waals surface area contributed by atoms with Gasteiger partial charge < -0.3 is 19.5 Å². The van der Waals surface area contributed by atoms with Crippen molar-refractivity contribution >= 4 is 45.6 Å². The van der Waals surface area contributed by atoms with Crippen LogP contribution in [0.1, 0.15) is 56.9 Å². The summed E-state index contributed by atoms with van der Waals surface area (Å²) in [6.45, 7) is 3.17.